The summed E-state index contributed by atoms with van der Waals surface area (Å²) in [7, 11) is -2.57. The van der Waals surface area contributed by atoms with Crippen molar-refractivity contribution in [3.05, 3.63) is 34.6 Å². The van der Waals surface area contributed by atoms with Crippen molar-refractivity contribution in [3.8, 4) is 0 Å². The van der Waals surface area contributed by atoms with E-state index in [1.165, 1.54) is 19.2 Å². The molecule has 1 N–H and O–H groups in total. The number of halogens is 2. The third-order valence-electron chi connectivity index (χ3n) is 2.50. The summed E-state index contributed by atoms with van der Waals surface area (Å²) in [6.07, 6.45) is -0.319. The van der Waals surface area contributed by atoms with Crippen LogP contribution in [0.5, 0.6) is 0 Å². The lowest BCUT2D eigenvalue weighted by Gasteiger charge is -2.16. The van der Waals surface area contributed by atoms with Gasteiger partial charge in [-0.15, -0.1) is 0 Å². The molecule has 0 aliphatic carbocycles. The Labute approximate surface area is 115 Å². The van der Waals surface area contributed by atoms with E-state index in [9.17, 15) is 17.6 Å². The van der Waals surface area contributed by atoms with E-state index in [1.54, 1.807) is 0 Å². The van der Waals surface area contributed by atoms with Gasteiger partial charge < -0.3 is 5.11 Å². The zero-order valence-electron chi connectivity index (χ0n) is 10.1. The molecule has 0 aromatic heterocycles. The van der Waals surface area contributed by atoms with Gasteiger partial charge in [-0.25, -0.2) is 17.1 Å². The van der Waals surface area contributed by atoms with Crippen LogP contribution in [0, 0.1) is 5.82 Å². The Morgan fingerprint density at radius 3 is 2.63 bits per heavy atom. The minimum absolute atomic E-state index is 0.0233. The molecule has 1 aromatic carbocycles. The van der Waals surface area contributed by atoms with Gasteiger partial charge in [0.2, 0.25) is 10.0 Å². The summed E-state index contributed by atoms with van der Waals surface area (Å²) >= 11 is 5.75. The summed E-state index contributed by atoms with van der Waals surface area (Å²) in [5.74, 6) is -2.41. The van der Waals surface area contributed by atoms with Gasteiger partial charge in [-0.3, -0.25) is 4.79 Å². The van der Waals surface area contributed by atoms with Crippen LogP contribution in [0.25, 0.3) is 0 Å². The molecule has 0 spiro atoms. The van der Waals surface area contributed by atoms with Gasteiger partial charge in [-0.05, 0) is 12.1 Å². The van der Waals surface area contributed by atoms with Crippen LogP contribution in [0.15, 0.2) is 18.2 Å². The Morgan fingerprint density at radius 1 is 1.47 bits per heavy atom. The van der Waals surface area contributed by atoms with Crippen LogP contribution in [0.3, 0.4) is 0 Å². The average Bonchev–Trinajstić information content (AvgIpc) is 2.31. The molecule has 0 bridgehead atoms. The largest absolute Gasteiger partial charge is 0.481 e. The highest BCUT2D eigenvalue weighted by Gasteiger charge is 2.22. The molecule has 0 unspecified atom stereocenters. The molecule has 1 rings (SSSR count). The average molecular weight is 310 g/mol. The highest BCUT2D eigenvalue weighted by molar-refractivity contribution is 7.88. The number of aliphatic carboxylic acids is 1. The maximum Gasteiger partial charge on any atom is 0.304 e. The zero-order valence-corrected chi connectivity index (χ0v) is 11.7. The number of carboxylic acids is 1. The lowest BCUT2D eigenvalue weighted by molar-refractivity contribution is -0.137. The van der Waals surface area contributed by atoms with Crippen molar-refractivity contribution >= 4 is 27.6 Å². The molecule has 0 saturated heterocycles. The summed E-state index contributed by atoms with van der Waals surface area (Å²) in [6, 6.07) is 3.89. The molecule has 1 aromatic rings. The fourth-order valence-electron chi connectivity index (χ4n) is 1.35. The summed E-state index contributed by atoms with van der Waals surface area (Å²) < 4.78 is 38.2. The second-order valence-corrected chi connectivity index (χ2v) is 6.40. The number of benzene rings is 1. The van der Waals surface area contributed by atoms with Crippen molar-refractivity contribution in [1.29, 1.82) is 0 Å². The second-order valence-electron chi connectivity index (χ2n) is 3.92. The van der Waals surface area contributed by atoms with Gasteiger partial charge in [-0.1, -0.05) is 17.7 Å². The van der Waals surface area contributed by atoms with Crippen LogP contribution in [-0.2, 0) is 20.6 Å². The Balaban J connectivity index is 2.88. The van der Waals surface area contributed by atoms with E-state index in [2.05, 4.69) is 0 Å². The van der Waals surface area contributed by atoms with E-state index in [1.807, 2.05) is 0 Å². The number of rotatable bonds is 6. The number of hydrogen-bond donors (Lipinski definition) is 1. The van der Waals surface area contributed by atoms with Gasteiger partial charge >= 0.3 is 5.97 Å². The Bertz CT molecular complexity index is 556. The normalized spacial score (nSPS) is 11.8. The molecule has 8 heteroatoms. The predicted octanol–water partition coefficient (Wildman–Crippen LogP) is 1.72. The van der Waals surface area contributed by atoms with Crippen molar-refractivity contribution < 1.29 is 22.7 Å². The fraction of sp³-hybridized carbons (Fsp3) is 0.364. The zero-order chi connectivity index (χ0) is 14.6. The summed E-state index contributed by atoms with van der Waals surface area (Å²) in [5, 5.41) is 8.53. The number of nitrogens with zero attached hydrogens (tertiary/aromatic N) is 1. The maximum absolute atomic E-state index is 13.5. The minimum Gasteiger partial charge on any atom is -0.481 e. The van der Waals surface area contributed by atoms with E-state index in [0.29, 0.717) is 0 Å². The third kappa shape index (κ3) is 4.45. The second kappa shape index (κ2) is 6.31. The molecule has 0 fully saturated rings. The first kappa shape index (κ1) is 15.9. The Morgan fingerprint density at radius 2 is 2.11 bits per heavy atom. The first-order valence-electron chi connectivity index (χ1n) is 5.32. The first-order chi connectivity index (χ1) is 8.74. The van der Waals surface area contributed by atoms with Crippen LogP contribution in [0.4, 0.5) is 4.39 Å². The van der Waals surface area contributed by atoms with Crippen LogP contribution in [-0.4, -0.2) is 37.4 Å². The lowest BCUT2D eigenvalue weighted by Crippen LogP contribution is -2.30. The highest BCUT2D eigenvalue weighted by Crippen LogP contribution is 2.22. The lowest BCUT2D eigenvalue weighted by atomic mass is 10.2. The molecule has 0 heterocycles. The standard InChI is InChI=1S/C11H13ClFNO4S/c1-14(6-5-11(15)16)19(17,18)7-8-9(12)3-2-4-10(8)13/h2-4H,5-7H2,1H3,(H,15,16). The first-order valence-corrected chi connectivity index (χ1v) is 7.31. The number of sulfonamides is 1. The topological polar surface area (TPSA) is 74.7 Å². The molecule has 0 radical (unpaired) electrons. The highest BCUT2D eigenvalue weighted by atomic mass is 35.5. The van der Waals surface area contributed by atoms with Crippen molar-refractivity contribution in [1.82, 2.24) is 4.31 Å². The maximum atomic E-state index is 13.5. The van der Waals surface area contributed by atoms with Crippen molar-refractivity contribution in [2.45, 2.75) is 12.2 Å². The monoisotopic (exact) mass is 309 g/mol. The number of carboxylic acid groups (broad SMARTS) is 1. The molecule has 0 aliphatic heterocycles. The van der Waals surface area contributed by atoms with E-state index in [-0.39, 0.29) is 23.6 Å². The van der Waals surface area contributed by atoms with Gasteiger partial charge in [0.1, 0.15) is 5.82 Å². The van der Waals surface area contributed by atoms with E-state index >= 15 is 0 Å². The quantitative estimate of drug-likeness (QED) is 0.868. The summed E-state index contributed by atoms with van der Waals surface area (Å²) in [4.78, 5) is 10.4. The Hall–Kier alpha value is -1.18. The Kier molecular flexibility index (Phi) is 5.28. The summed E-state index contributed by atoms with van der Waals surface area (Å²) in [6.45, 7) is -0.177. The van der Waals surface area contributed by atoms with Crippen molar-refractivity contribution in [2.24, 2.45) is 0 Å². The smallest absolute Gasteiger partial charge is 0.304 e. The van der Waals surface area contributed by atoms with Gasteiger partial charge in [0.25, 0.3) is 0 Å². The van der Waals surface area contributed by atoms with E-state index < -0.39 is 27.6 Å². The van der Waals surface area contributed by atoms with Crippen molar-refractivity contribution in [2.75, 3.05) is 13.6 Å². The molecule has 19 heavy (non-hydrogen) atoms. The summed E-state index contributed by atoms with van der Waals surface area (Å²) in [5.41, 5.74) is -0.119. The van der Waals surface area contributed by atoms with Crippen molar-refractivity contribution in [3.63, 3.8) is 0 Å². The molecule has 0 saturated carbocycles. The van der Waals surface area contributed by atoms with Gasteiger partial charge in [0, 0.05) is 24.2 Å². The van der Waals surface area contributed by atoms with Crippen LogP contribution in [0.1, 0.15) is 12.0 Å². The predicted molar refractivity (Wildman–Crippen MR) is 68.9 cm³/mol. The van der Waals surface area contributed by atoms with Gasteiger partial charge in [0.05, 0.1) is 12.2 Å². The SMILES string of the molecule is CN(CCC(=O)O)S(=O)(=O)Cc1c(F)cccc1Cl. The van der Waals surface area contributed by atoms with Crippen LogP contribution < -0.4 is 0 Å². The molecule has 0 atom stereocenters. The van der Waals surface area contributed by atoms with E-state index in [4.69, 9.17) is 16.7 Å². The third-order valence-corrected chi connectivity index (χ3v) is 4.64. The molecule has 106 valence electrons. The molecule has 0 amide bonds. The molecular formula is C11H13ClFNO4S. The fourth-order valence-corrected chi connectivity index (χ4v) is 2.91. The van der Waals surface area contributed by atoms with Crippen LogP contribution in [0.2, 0.25) is 5.02 Å². The minimum atomic E-state index is -3.81. The molecule has 5 nitrogen and oxygen atoms in total. The molecule has 0 aliphatic rings. The number of hydrogen-bond acceptors (Lipinski definition) is 3. The number of carbonyl (C=O) groups is 1. The molecular weight excluding hydrogens is 297 g/mol. The van der Waals surface area contributed by atoms with Gasteiger partial charge in [0.15, 0.2) is 0 Å². The van der Waals surface area contributed by atoms with Gasteiger partial charge in [-0.2, -0.15) is 0 Å². The van der Waals surface area contributed by atoms with E-state index in [0.717, 1.165) is 10.4 Å². The van der Waals surface area contributed by atoms with Crippen LogP contribution >= 0.6 is 11.6 Å².